The van der Waals surface area contributed by atoms with E-state index < -0.39 is 5.54 Å². The average molecular weight is 420 g/mol. The van der Waals surface area contributed by atoms with E-state index >= 15 is 0 Å². The summed E-state index contributed by atoms with van der Waals surface area (Å²) in [7, 11) is 0. The smallest absolute Gasteiger partial charge is 0.246 e. The van der Waals surface area contributed by atoms with E-state index in [1.54, 1.807) is 0 Å². The number of nitrogens with zero attached hydrogens (tertiary/aromatic N) is 2. The Morgan fingerprint density at radius 1 is 0.774 bits per heavy atom. The monoisotopic (exact) mass is 419 g/mol. The van der Waals surface area contributed by atoms with Crippen LogP contribution in [0.2, 0.25) is 0 Å². The fraction of sp³-hybridized carbons (Fsp3) is 0.462. The summed E-state index contributed by atoms with van der Waals surface area (Å²) in [6.07, 6.45) is 5.67. The third kappa shape index (κ3) is 5.16. The van der Waals surface area contributed by atoms with Gasteiger partial charge < -0.3 is 15.1 Å². The summed E-state index contributed by atoms with van der Waals surface area (Å²) in [5.74, 6) is 0.0794. The van der Waals surface area contributed by atoms with Gasteiger partial charge in [-0.2, -0.15) is 0 Å². The SMILES string of the molecule is O=C1CNC(=O)C2(CCN(CCCCc3ccccc3)CC2)N1CCc1ccccc1. The molecule has 0 atom stereocenters. The standard InChI is InChI=1S/C26H33N3O2/c30-24-21-27-25(31)26(29(24)18-14-23-11-5-2-6-12-23)15-19-28(20-16-26)17-8-7-13-22-9-3-1-4-10-22/h1-6,9-12H,7-8,13-21H2,(H,27,31). The van der Waals surface area contributed by atoms with E-state index in [2.05, 4.69) is 52.7 Å². The summed E-state index contributed by atoms with van der Waals surface area (Å²) in [5, 5.41) is 2.86. The van der Waals surface area contributed by atoms with Gasteiger partial charge in [-0.25, -0.2) is 0 Å². The molecule has 2 aliphatic rings. The van der Waals surface area contributed by atoms with Crippen LogP contribution in [0.1, 0.15) is 36.8 Å². The summed E-state index contributed by atoms with van der Waals surface area (Å²) in [5.41, 5.74) is 1.92. The molecular weight excluding hydrogens is 386 g/mol. The number of benzene rings is 2. The van der Waals surface area contributed by atoms with E-state index in [9.17, 15) is 9.59 Å². The van der Waals surface area contributed by atoms with E-state index in [1.165, 1.54) is 17.5 Å². The molecule has 1 N–H and O–H groups in total. The van der Waals surface area contributed by atoms with Crippen LogP contribution in [0.15, 0.2) is 60.7 Å². The maximum Gasteiger partial charge on any atom is 0.246 e. The number of amides is 2. The first-order valence-corrected chi connectivity index (χ1v) is 11.6. The minimum absolute atomic E-state index is 0.0314. The van der Waals surface area contributed by atoms with E-state index in [-0.39, 0.29) is 18.4 Å². The first kappa shape index (κ1) is 21.6. The zero-order valence-corrected chi connectivity index (χ0v) is 18.3. The van der Waals surface area contributed by atoms with Gasteiger partial charge in [-0.05, 0) is 56.2 Å². The second-order valence-electron chi connectivity index (χ2n) is 8.78. The van der Waals surface area contributed by atoms with Crippen molar-refractivity contribution < 1.29 is 9.59 Å². The van der Waals surface area contributed by atoms with Gasteiger partial charge in [0.15, 0.2) is 0 Å². The maximum atomic E-state index is 12.9. The minimum atomic E-state index is -0.676. The van der Waals surface area contributed by atoms with Gasteiger partial charge in [0.2, 0.25) is 11.8 Å². The number of nitrogens with one attached hydrogen (secondary N) is 1. The molecule has 2 saturated heterocycles. The molecule has 0 aliphatic carbocycles. The number of carbonyl (C=O) groups excluding carboxylic acids is 2. The van der Waals surface area contributed by atoms with E-state index in [0.29, 0.717) is 6.54 Å². The minimum Gasteiger partial charge on any atom is -0.345 e. The number of aryl methyl sites for hydroxylation is 1. The number of carbonyl (C=O) groups is 2. The molecule has 164 valence electrons. The van der Waals surface area contributed by atoms with Gasteiger partial charge >= 0.3 is 0 Å². The normalized spacial score (nSPS) is 18.9. The second kappa shape index (κ2) is 10.1. The molecule has 5 heteroatoms. The van der Waals surface area contributed by atoms with Crippen molar-refractivity contribution in [2.75, 3.05) is 32.7 Å². The van der Waals surface area contributed by atoms with Crippen LogP contribution in [0.5, 0.6) is 0 Å². The topological polar surface area (TPSA) is 52.7 Å². The van der Waals surface area contributed by atoms with Gasteiger partial charge in [0.1, 0.15) is 5.54 Å². The molecule has 2 aromatic rings. The number of rotatable bonds is 8. The highest BCUT2D eigenvalue weighted by atomic mass is 16.2. The molecular formula is C26H33N3O2. The first-order chi connectivity index (χ1) is 15.2. The molecule has 0 aromatic heterocycles. The fourth-order valence-electron chi connectivity index (χ4n) is 4.95. The molecule has 0 bridgehead atoms. The zero-order chi connectivity index (χ0) is 21.5. The Bertz CT molecular complexity index is 861. The van der Waals surface area contributed by atoms with Gasteiger partial charge in [0.05, 0.1) is 6.54 Å². The molecule has 2 aromatic carbocycles. The van der Waals surface area contributed by atoms with Crippen LogP contribution in [-0.2, 0) is 22.4 Å². The molecule has 5 nitrogen and oxygen atoms in total. The first-order valence-electron chi connectivity index (χ1n) is 11.6. The van der Waals surface area contributed by atoms with E-state index in [1.807, 2.05) is 23.1 Å². The number of hydrogen-bond acceptors (Lipinski definition) is 3. The molecule has 4 rings (SSSR count). The van der Waals surface area contributed by atoms with Crippen LogP contribution < -0.4 is 5.32 Å². The summed E-state index contributed by atoms with van der Waals surface area (Å²) in [6, 6.07) is 20.8. The zero-order valence-electron chi connectivity index (χ0n) is 18.3. The highest BCUT2D eigenvalue weighted by Crippen LogP contribution is 2.32. The summed E-state index contributed by atoms with van der Waals surface area (Å²) < 4.78 is 0. The quantitative estimate of drug-likeness (QED) is 0.669. The summed E-state index contributed by atoms with van der Waals surface area (Å²) in [4.78, 5) is 30.0. The fourth-order valence-corrected chi connectivity index (χ4v) is 4.95. The lowest BCUT2D eigenvalue weighted by Gasteiger charge is -2.50. The Morgan fingerprint density at radius 3 is 2.03 bits per heavy atom. The summed E-state index contributed by atoms with van der Waals surface area (Å²) in [6.45, 7) is 3.52. The van der Waals surface area contributed by atoms with Gasteiger partial charge in [0, 0.05) is 19.6 Å². The summed E-state index contributed by atoms with van der Waals surface area (Å²) >= 11 is 0. The van der Waals surface area contributed by atoms with Crippen molar-refractivity contribution in [1.82, 2.24) is 15.1 Å². The maximum absolute atomic E-state index is 12.9. The average Bonchev–Trinajstić information content (AvgIpc) is 2.82. The molecule has 0 saturated carbocycles. The van der Waals surface area contributed by atoms with Crippen LogP contribution in [-0.4, -0.2) is 59.9 Å². The van der Waals surface area contributed by atoms with Crippen molar-refractivity contribution in [3.8, 4) is 0 Å². The Labute approximate surface area is 185 Å². The lowest BCUT2D eigenvalue weighted by atomic mass is 9.82. The van der Waals surface area contributed by atoms with Crippen molar-refractivity contribution in [1.29, 1.82) is 0 Å². The predicted octanol–water partition coefficient (Wildman–Crippen LogP) is 3.05. The molecule has 1 spiro atoms. The third-order valence-electron chi connectivity index (χ3n) is 6.82. The molecule has 2 aliphatic heterocycles. The van der Waals surface area contributed by atoms with Crippen molar-refractivity contribution >= 4 is 11.8 Å². The Morgan fingerprint density at radius 2 is 1.39 bits per heavy atom. The van der Waals surface area contributed by atoms with Crippen molar-refractivity contribution in [2.45, 2.75) is 44.1 Å². The van der Waals surface area contributed by atoms with Crippen LogP contribution in [0.3, 0.4) is 0 Å². The number of likely N-dealkylation sites (tertiary alicyclic amines) is 1. The van der Waals surface area contributed by atoms with Crippen LogP contribution >= 0.6 is 0 Å². The van der Waals surface area contributed by atoms with Gasteiger partial charge in [0.25, 0.3) is 0 Å². The Balaban J connectivity index is 1.30. The Kier molecular flexibility index (Phi) is 7.03. The molecule has 2 amide bonds. The molecule has 2 heterocycles. The van der Waals surface area contributed by atoms with Crippen molar-refractivity contribution in [3.63, 3.8) is 0 Å². The van der Waals surface area contributed by atoms with Crippen molar-refractivity contribution in [2.24, 2.45) is 0 Å². The highest BCUT2D eigenvalue weighted by molar-refractivity contribution is 5.98. The molecule has 0 radical (unpaired) electrons. The van der Waals surface area contributed by atoms with Crippen molar-refractivity contribution in [3.05, 3.63) is 71.8 Å². The molecule has 2 fully saturated rings. The lowest BCUT2D eigenvalue weighted by Crippen LogP contribution is -2.70. The largest absolute Gasteiger partial charge is 0.345 e. The highest BCUT2D eigenvalue weighted by Gasteiger charge is 2.50. The second-order valence-corrected chi connectivity index (χ2v) is 8.78. The van der Waals surface area contributed by atoms with E-state index in [0.717, 1.165) is 51.7 Å². The van der Waals surface area contributed by atoms with Crippen LogP contribution in [0.4, 0.5) is 0 Å². The Hall–Kier alpha value is -2.66. The van der Waals surface area contributed by atoms with Gasteiger partial charge in [-0.1, -0.05) is 60.7 Å². The molecule has 31 heavy (non-hydrogen) atoms. The van der Waals surface area contributed by atoms with Gasteiger partial charge in [-0.3, -0.25) is 9.59 Å². The predicted molar refractivity (Wildman–Crippen MR) is 123 cm³/mol. The number of piperazine rings is 1. The van der Waals surface area contributed by atoms with Gasteiger partial charge in [-0.15, -0.1) is 0 Å². The number of unbranched alkanes of at least 4 members (excludes halogenated alkanes) is 1. The third-order valence-corrected chi connectivity index (χ3v) is 6.82. The van der Waals surface area contributed by atoms with E-state index in [4.69, 9.17) is 0 Å². The number of hydrogen-bond donors (Lipinski definition) is 1. The van der Waals surface area contributed by atoms with Crippen LogP contribution in [0.25, 0.3) is 0 Å². The number of piperidine rings is 1. The molecule has 0 unspecified atom stereocenters. The lowest BCUT2D eigenvalue weighted by molar-refractivity contribution is -0.157. The van der Waals surface area contributed by atoms with Crippen LogP contribution in [0, 0.1) is 0 Å².